The van der Waals surface area contributed by atoms with Crippen LogP contribution in [-0.2, 0) is 13.0 Å². The zero-order valence-corrected chi connectivity index (χ0v) is 11.6. The molecule has 0 bridgehead atoms. The van der Waals surface area contributed by atoms with Gasteiger partial charge in [-0.2, -0.15) is 0 Å². The van der Waals surface area contributed by atoms with Gasteiger partial charge in [0.1, 0.15) is 5.82 Å². The Morgan fingerprint density at radius 1 is 1.30 bits per heavy atom. The minimum Gasteiger partial charge on any atom is -0.478 e. The number of rotatable bonds is 5. The van der Waals surface area contributed by atoms with Crippen LogP contribution >= 0.6 is 0 Å². The minimum absolute atomic E-state index is 0.270. The van der Waals surface area contributed by atoms with Crippen molar-refractivity contribution in [1.82, 2.24) is 4.57 Å². The van der Waals surface area contributed by atoms with E-state index in [0.29, 0.717) is 30.0 Å². The molecule has 3 nitrogen and oxygen atoms in total. The van der Waals surface area contributed by atoms with Gasteiger partial charge < -0.3 is 9.67 Å². The third-order valence-corrected chi connectivity index (χ3v) is 3.21. The van der Waals surface area contributed by atoms with Crippen molar-refractivity contribution in [2.45, 2.75) is 26.8 Å². The summed E-state index contributed by atoms with van der Waals surface area (Å²) in [5.41, 5.74) is 1.61. The number of hydrogen-bond donors (Lipinski definition) is 1. The third kappa shape index (κ3) is 3.07. The van der Waals surface area contributed by atoms with Gasteiger partial charge in [-0.25, -0.2) is 9.18 Å². The maximum Gasteiger partial charge on any atom is 0.337 e. The van der Waals surface area contributed by atoms with Crippen molar-refractivity contribution in [2.75, 3.05) is 0 Å². The van der Waals surface area contributed by atoms with E-state index in [1.165, 1.54) is 6.07 Å². The molecule has 1 aromatic carbocycles. The van der Waals surface area contributed by atoms with Crippen molar-refractivity contribution >= 4 is 5.97 Å². The lowest BCUT2D eigenvalue weighted by atomic mass is 10.0. The van der Waals surface area contributed by atoms with Gasteiger partial charge in [-0.05, 0) is 24.5 Å². The van der Waals surface area contributed by atoms with Gasteiger partial charge >= 0.3 is 5.97 Å². The Morgan fingerprint density at radius 2 is 2.00 bits per heavy atom. The molecule has 106 valence electrons. The van der Waals surface area contributed by atoms with Gasteiger partial charge in [0.15, 0.2) is 0 Å². The molecule has 0 spiro atoms. The molecule has 2 rings (SSSR count). The van der Waals surface area contributed by atoms with Crippen molar-refractivity contribution in [2.24, 2.45) is 5.92 Å². The predicted molar refractivity (Wildman–Crippen MR) is 75.4 cm³/mol. The quantitative estimate of drug-likeness (QED) is 0.906. The molecule has 0 aliphatic carbocycles. The van der Waals surface area contributed by atoms with Gasteiger partial charge in [0, 0.05) is 17.5 Å². The van der Waals surface area contributed by atoms with Crippen molar-refractivity contribution in [3.05, 3.63) is 59.2 Å². The Bertz CT molecular complexity index is 617. The van der Waals surface area contributed by atoms with Gasteiger partial charge in [0.05, 0.1) is 12.1 Å². The third-order valence-electron chi connectivity index (χ3n) is 3.21. The van der Waals surface area contributed by atoms with Gasteiger partial charge in [-0.15, -0.1) is 0 Å². The molecule has 0 fully saturated rings. The number of carboxylic acids is 1. The fourth-order valence-corrected chi connectivity index (χ4v) is 2.27. The van der Waals surface area contributed by atoms with Crippen LogP contribution in [0.5, 0.6) is 0 Å². The van der Waals surface area contributed by atoms with Crippen LogP contribution in [0.4, 0.5) is 4.39 Å². The lowest BCUT2D eigenvalue weighted by Gasteiger charge is -2.13. The van der Waals surface area contributed by atoms with Crippen LogP contribution in [0.15, 0.2) is 36.5 Å². The molecule has 1 heterocycles. The van der Waals surface area contributed by atoms with E-state index in [1.807, 2.05) is 18.4 Å². The number of aromatic nitrogens is 1. The van der Waals surface area contributed by atoms with E-state index in [1.54, 1.807) is 30.5 Å². The predicted octanol–water partition coefficient (Wildman–Crippen LogP) is 3.57. The monoisotopic (exact) mass is 275 g/mol. The summed E-state index contributed by atoms with van der Waals surface area (Å²) in [5, 5.41) is 9.23. The Hall–Kier alpha value is -2.10. The molecule has 0 saturated carbocycles. The fraction of sp³-hybridized carbons (Fsp3) is 0.312. The van der Waals surface area contributed by atoms with Crippen molar-refractivity contribution < 1.29 is 14.3 Å². The molecular formula is C16H18FNO2. The van der Waals surface area contributed by atoms with E-state index < -0.39 is 5.97 Å². The van der Waals surface area contributed by atoms with Crippen LogP contribution in [0.25, 0.3) is 0 Å². The summed E-state index contributed by atoms with van der Waals surface area (Å²) in [6.07, 6.45) is 2.37. The van der Waals surface area contributed by atoms with Crippen LogP contribution in [0, 0.1) is 11.7 Å². The molecule has 1 aromatic heterocycles. The first-order valence-electron chi connectivity index (χ1n) is 6.63. The summed E-state index contributed by atoms with van der Waals surface area (Å²) < 4.78 is 15.5. The molecule has 0 aliphatic heterocycles. The normalized spacial score (nSPS) is 11.0. The second kappa shape index (κ2) is 5.90. The Labute approximate surface area is 117 Å². The number of carbonyl (C=O) groups is 1. The second-order valence-corrected chi connectivity index (χ2v) is 5.30. The van der Waals surface area contributed by atoms with Crippen LogP contribution in [-0.4, -0.2) is 15.6 Å². The van der Waals surface area contributed by atoms with Crippen LogP contribution in [0.3, 0.4) is 0 Å². The van der Waals surface area contributed by atoms with Gasteiger partial charge in [-0.3, -0.25) is 0 Å². The number of carboxylic acid groups (broad SMARTS) is 1. The topological polar surface area (TPSA) is 42.2 Å². The van der Waals surface area contributed by atoms with Crippen molar-refractivity contribution in [3.63, 3.8) is 0 Å². The smallest absolute Gasteiger partial charge is 0.337 e. The molecular weight excluding hydrogens is 257 g/mol. The van der Waals surface area contributed by atoms with E-state index >= 15 is 0 Å². The lowest BCUT2D eigenvalue weighted by Crippen LogP contribution is -2.11. The highest BCUT2D eigenvalue weighted by Gasteiger charge is 2.16. The standard InChI is InChI=1S/C16H18FNO2/c1-11(2)9-15-13(16(19)20)7-8-18(15)10-12-5-3-4-6-14(12)17/h3-8,11H,9-10H2,1-2H3,(H,19,20). The Morgan fingerprint density at radius 3 is 2.60 bits per heavy atom. The molecule has 0 amide bonds. The summed E-state index contributed by atoms with van der Waals surface area (Å²) in [4.78, 5) is 11.2. The van der Waals surface area contributed by atoms with Gasteiger partial charge in [0.2, 0.25) is 0 Å². The fourth-order valence-electron chi connectivity index (χ4n) is 2.27. The highest BCUT2D eigenvalue weighted by molar-refractivity contribution is 5.89. The molecule has 1 N–H and O–H groups in total. The van der Waals surface area contributed by atoms with Crippen molar-refractivity contribution in [3.8, 4) is 0 Å². The first kappa shape index (κ1) is 14.3. The van der Waals surface area contributed by atoms with E-state index in [2.05, 4.69) is 0 Å². The zero-order chi connectivity index (χ0) is 14.7. The molecule has 2 aromatic rings. The molecule has 0 aliphatic rings. The maximum atomic E-state index is 13.7. The molecule has 0 radical (unpaired) electrons. The van der Waals surface area contributed by atoms with E-state index in [0.717, 1.165) is 5.69 Å². The first-order chi connectivity index (χ1) is 9.49. The van der Waals surface area contributed by atoms with Gasteiger partial charge in [-0.1, -0.05) is 32.0 Å². The second-order valence-electron chi connectivity index (χ2n) is 5.30. The average Bonchev–Trinajstić information content (AvgIpc) is 2.75. The van der Waals surface area contributed by atoms with E-state index in [4.69, 9.17) is 0 Å². The summed E-state index contributed by atoms with van der Waals surface area (Å²) in [5.74, 6) is -0.871. The van der Waals surface area contributed by atoms with E-state index in [9.17, 15) is 14.3 Å². The number of aromatic carboxylic acids is 1. The lowest BCUT2D eigenvalue weighted by molar-refractivity contribution is 0.0695. The molecule has 0 atom stereocenters. The Balaban J connectivity index is 2.36. The molecule has 0 saturated heterocycles. The summed E-state index contributed by atoms with van der Waals surface area (Å²) >= 11 is 0. The first-order valence-corrected chi connectivity index (χ1v) is 6.63. The minimum atomic E-state index is -0.937. The van der Waals surface area contributed by atoms with Crippen LogP contribution in [0.2, 0.25) is 0 Å². The number of nitrogens with zero attached hydrogens (tertiary/aromatic N) is 1. The average molecular weight is 275 g/mol. The maximum absolute atomic E-state index is 13.7. The summed E-state index contributed by atoms with van der Waals surface area (Å²) in [6.45, 7) is 4.42. The van der Waals surface area contributed by atoms with Crippen LogP contribution < -0.4 is 0 Å². The van der Waals surface area contributed by atoms with Crippen molar-refractivity contribution in [1.29, 1.82) is 0 Å². The zero-order valence-electron chi connectivity index (χ0n) is 11.6. The SMILES string of the molecule is CC(C)Cc1c(C(=O)O)ccn1Cc1ccccc1F. The number of benzene rings is 1. The number of halogens is 1. The van der Waals surface area contributed by atoms with Crippen LogP contribution in [0.1, 0.15) is 35.5 Å². The highest BCUT2D eigenvalue weighted by Crippen LogP contribution is 2.18. The summed E-state index contributed by atoms with van der Waals surface area (Å²) in [6, 6.07) is 8.14. The summed E-state index contributed by atoms with van der Waals surface area (Å²) in [7, 11) is 0. The van der Waals surface area contributed by atoms with E-state index in [-0.39, 0.29) is 5.82 Å². The molecule has 4 heteroatoms. The van der Waals surface area contributed by atoms with Gasteiger partial charge in [0.25, 0.3) is 0 Å². The largest absolute Gasteiger partial charge is 0.478 e. The Kier molecular flexibility index (Phi) is 4.23. The number of hydrogen-bond acceptors (Lipinski definition) is 1. The molecule has 0 unspecified atom stereocenters. The molecule has 20 heavy (non-hydrogen) atoms. The highest BCUT2D eigenvalue weighted by atomic mass is 19.1.